The summed E-state index contributed by atoms with van der Waals surface area (Å²) in [6.07, 6.45) is 3.95. The molecular weight excluding hydrogens is 234 g/mol. The summed E-state index contributed by atoms with van der Waals surface area (Å²) in [5, 5.41) is 3.41. The summed E-state index contributed by atoms with van der Waals surface area (Å²) in [6.45, 7) is 10.7. The molecule has 0 rings (SSSR count). The summed E-state index contributed by atoms with van der Waals surface area (Å²) >= 11 is 0. The van der Waals surface area contributed by atoms with Gasteiger partial charge < -0.3 is 5.32 Å². The van der Waals surface area contributed by atoms with E-state index in [1.807, 2.05) is 0 Å². The van der Waals surface area contributed by atoms with Crippen LogP contribution in [-0.2, 0) is 9.84 Å². The molecule has 0 aliphatic rings. The fourth-order valence-electron chi connectivity index (χ4n) is 1.54. The minimum absolute atomic E-state index is 0.316. The second kappa shape index (κ2) is 7.37. The Hall–Kier alpha value is -0.0900. The number of nitrogens with one attached hydrogen (secondary N) is 1. The molecule has 1 unspecified atom stereocenters. The molecule has 0 saturated carbocycles. The first kappa shape index (κ1) is 16.9. The zero-order valence-corrected chi connectivity index (χ0v) is 12.9. The van der Waals surface area contributed by atoms with Gasteiger partial charge >= 0.3 is 0 Å². The number of sulfone groups is 1. The Balaban J connectivity index is 3.79. The van der Waals surface area contributed by atoms with Gasteiger partial charge in [-0.15, -0.1) is 0 Å². The molecular formula is C13H29NO2S. The van der Waals surface area contributed by atoms with Crippen LogP contribution in [0.2, 0.25) is 0 Å². The summed E-state index contributed by atoms with van der Waals surface area (Å²) in [5.41, 5.74) is 0. The molecule has 4 heteroatoms. The third-order valence-electron chi connectivity index (χ3n) is 2.98. The molecule has 0 spiro atoms. The van der Waals surface area contributed by atoms with Crippen molar-refractivity contribution in [3.8, 4) is 0 Å². The van der Waals surface area contributed by atoms with Gasteiger partial charge in [0.2, 0.25) is 0 Å². The van der Waals surface area contributed by atoms with E-state index in [2.05, 4.69) is 19.2 Å². The van der Waals surface area contributed by atoms with E-state index in [0.717, 1.165) is 32.2 Å². The summed E-state index contributed by atoms with van der Waals surface area (Å²) in [4.78, 5) is 0. The van der Waals surface area contributed by atoms with Crippen molar-refractivity contribution < 1.29 is 8.42 Å². The van der Waals surface area contributed by atoms with Crippen LogP contribution in [0.1, 0.15) is 60.3 Å². The topological polar surface area (TPSA) is 46.2 Å². The third kappa shape index (κ3) is 7.04. The summed E-state index contributed by atoms with van der Waals surface area (Å²) < 4.78 is 23.1. The van der Waals surface area contributed by atoms with Crippen molar-refractivity contribution in [2.45, 2.75) is 71.1 Å². The van der Waals surface area contributed by atoms with Crippen molar-refractivity contribution >= 4 is 9.84 Å². The molecule has 17 heavy (non-hydrogen) atoms. The smallest absolute Gasteiger partial charge is 0.155 e. The molecule has 0 aromatic heterocycles. The first-order chi connectivity index (χ1) is 7.70. The van der Waals surface area contributed by atoms with Crippen LogP contribution in [-0.4, -0.2) is 31.5 Å². The monoisotopic (exact) mass is 263 g/mol. The minimum Gasteiger partial charge on any atom is -0.314 e. The summed E-state index contributed by atoms with van der Waals surface area (Å²) in [6, 6.07) is 0.493. The lowest BCUT2D eigenvalue weighted by Gasteiger charge is -2.19. The highest BCUT2D eigenvalue weighted by molar-refractivity contribution is 7.92. The van der Waals surface area contributed by atoms with Gasteiger partial charge in [-0.3, -0.25) is 0 Å². The lowest BCUT2D eigenvalue weighted by Crippen LogP contribution is -2.30. The van der Waals surface area contributed by atoms with Crippen LogP contribution >= 0.6 is 0 Å². The molecule has 0 aliphatic heterocycles. The van der Waals surface area contributed by atoms with E-state index in [9.17, 15) is 8.42 Å². The first-order valence-corrected chi connectivity index (χ1v) is 8.31. The van der Waals surface area contributed by atoms with E-state index in [1.54, 1.807) is 20.8 Å². The third-order valence-corrected chi connectivity index (χ3v) is 5.67. The number of unbranched alkanes of at least 4 members (excludes halogenated alkanes) is 1. The Labute approximate surface area is 107 Å². The zero-order chi connectivity index (χ0) is 13.5. The molecule has 0 aromatic rings. The van der Waals surface area contributed by atoms with E-state index in [4.69, 9.17) is 0 Å². The molecule has 0 aromatic carbocycles. The normalized spacial score (nSPS) is 14.9. The van der Waals surface area contributed by atoms with Crippen molar-refractivity contribution in [3.05, 3.63) is 0 Å². The van der Waals surface area contributed by atoms with Gasteiger partial charge in [0.1, 0.15) is 0 Å². The number of hydrogen-bond donors (Lipinski definition) is 1. The van der Waals surface area contributed by atoms with Crippen LogP contribution in [0, 0.1) is 0 Å². The second-order valence-electron chi connectivity index (χ2n) is 5.78. The standard InChI is InChI=1S/C13H29NO2S/c1-6-10-14-12(2)9-7-8-11-17(15,16)13(3,4)5/h12,14H,6-11H2,1-5H3. The van der Waals surface area contributed by atoms with Crippen LogP contribution in [0.25, 0.3) is 0 Å². The number of hydrogen-bond acceptors (Lipinski definition) is 3. The van der Waals surface area contributed by atoms with Gasteiger partial charge in [0, 0.05) is 6.04 Å². The van der Waals surface area contributed by atoms with E-state index in [1.165, 1.54) is 0 Å². The van der Waals surface area contributed by atoms with Gasteiger partial charge in [0.25, 0.3) is 0 Å². The summed E-state index contributed by atoms with van der Waals surface area (Å²) in [7, 11) is -2.93. The maximum absolute atomic E-state index is 11.9. The molecule has 1 atom stereocenters. The second-order valence-corrected chi connectivity index (χ2v) is 8.64. The Bertz CT molecular complexity index is 291. The van der Waals surface area contributed by atoms with Gasteiger partial charge in [-0.1, -0.05) is 13.3 Å². The predicted octanol–water partition coefficient (Wildman–Crippen LogP) is 2.76. The van der Waals surface area contributed by atoms with E-state index in [-0.39, 0.29) is 0 Å². The summed E-state index contributed by atoms with van der Waals surface area (Å²) in [5.74, 6) is 0.316. The van der Waals surface area contributed by atoms with Crippen molar-refractivity contribution in [2.24, 2.45) is 0 Å². The van der Waals surface area contributed by atoms with Gasteiger partial charge in [-0.2, -0.15) is 0 Å². The molecule has 0 amide bonds. The van der Waals surface area contributed by atoms with Crippen LogP contribution in [0.15, 0.2) is 0 Å². The van der Waals surface area contributed by atoms with E-state index >= 15 is 0 Å². The van der Waals surface area contributed by atoms with Gasteiger partial charge in [-0.25, -0.2) is 8.42 Å². The lowest BCUT2D eigenvalue weighted by atomic mass is 10.1. The fourth-order valence-corrected chi connectivity index (χ4v) is 2.74. The molecule has 0 heterocycles. The van der Waals surface area contributed by atoms with Gasteiger partial charge in [0.15, 0.2) is 9.84 Å². The van der Waals surface area contributed by atoms with Crippen molar-refractivity contribution in [1.82, 2.24) is 5.32 Å². The van der Waals surface area contributed by atoms with Crippen molar-refractivity contribution in [2.75, 3.05) is 12.3 Å². The minimum atomic E-state index is -2.93. The van der Waals surface area contributed by atoms with Gasteiger partial charge in [0.05, 0.1) is 10.5 Å². The number of rotatable bonds is 8. The van der Waals surface area contributed by atoms with Crippen molar-refractivity contribution in [3.63, 3.8) is 0 Å². The Morgan fingerprint density at radius 3 is 2.24 bits per heavy atom. The molecule has 0 bridgehead atoms. The molecule has 0 radical (unpaired) electrons. The highest BCUT2D eigenvalue weighted by Gasteiger charge is 2.27. The highest BCUT2D eigenvalue weighted by atomic mass is 32.2. The van der Waals surface area contributed by atoms with Crippen molar-refractivity contribution in [1.29, 1.82) is 0 Å². The van der Waals surface area contributed by atoms with E-state index in [0.29, 0.717) is 11.8 Å². The molecule has 0 fully saturated rings. The predicted molar refractivity (Wildman–Crippen MR) is 75.1 cm³/mol. The molecule has 1 N–H and O–H groups in total. The molecule has 104 valence electrons. The zero-order valence-electron chi connectivity index (χ0n) is 12.0. The molecule has 0 aliphatic carbocycles. The van der Waals surface area contributed by atoms with Crippen LogP contribution in [0.5, 0.6) is 0 Å². The average molecular weight is 263 g/mol. The molecule has 3 nitrogen and oxygen atoms in total. The van der Waals surface area contributed by atoms with Crippen LogP contribution in [0.4, 0.5) is 0 Å². The maximum Gasteiger partial charge on any atom is 0.155 e. The average Bonchev–Trinajstić information content (AvgIpc) is 2.20. The quantitative estimate of drug-likeness (QED) is 0.685. The largest absolute Gasteiger partial charge is 0.314 e. The highest BCUT2D eigenvalue weighted by Crippen LogP contribution is 2.17. The maximum atomic E-state index is 11.9. The van der Waals surface area contributed by atoms with Crippen LogP contribution in [0.3, 0.4) is 0 Å². The van der Waals surface area contributed by atoms with Gasteiger partial charge in [-0.05, 0) is 53.5 Å². The molecule has 0 saturated heterocycles. The Morgan fingerprint density at radius 2 is 1.76 bits per heavy atom. The fraction of sp³-hybridized carbons (Fsp3) is 1.00. The SMILES string of the molecule is CCCNC(C)CCCCS(=O)(=O)C(C)(C)C. The first-order valence-electron chi connectivity index (χ1n) is 6.66. The van der Waals surface area contributed by atoms with E-state index < -0.39 is 14.6 Å². The Kier molecular flexibility index (Phi) is 7.33. The Morgan fingerprint density at radius 1 is 1.18 bits per heavy atom. The van der Waals surface area contributed by atoms with Crippen LogP contribution < -0.4 is 5.32 Å². The lowest BCUT2D eigenvalue weighted by molar-refractivity contribution is 0.492.